The minimum absolute atomic E-state index is 0.0937. The molecule has 3 nitrogen and oxygen atoms in total. The van der Waals surface area contributed by atoms with E-state index in [0.717, 1.165) is 6.42 Å². The average molecular weight is 283 g/mol. The first kappa shape index (κ1) is 15.1. The number of hydrogen-bond acceptors (Lipinski definition) is 3. The number of methoxy groups -OCH3 is 1. The zero-order valence-corrected chi connectivity index (χ0v) is 12.7. The number of phenols is 1. The molecule has 2 rings (SSSR count). The van der Waals surface area contributed by atoms with Gasteiger partial charge in [0.15, 0.2) is 11.5 Å². The number of hydrogen-bond donors (Lipinski definition) is 1. The standard InChI is InChI=1S/C18H21NO2/c1-4-16(14-10-8-13(2)9-11-14)19-12-15-6-5-7-17(21-3)18(15)20/h5-12,16,20H,4H2,1-3H3/t16-/m0/s1. The second kappa shape index (κ2) is 6.93. The van der Waals surface area contributed by atoms with Gasteiger partial charge in [0, 0.05) is 11.8 Å². The largest absolute Gasteiger partial charge is 0.504 e. The predicted octanol–water partition coefficient (Wildman–Crippen LogP) is 4.28. The zero-order chi connectivity index (χ0) is 15.2. The molecular formula is C18H21NO2. The Morgan fingerprint density at radius 2 is 1.90 bits per heavy atom. The van der Waals surface area contributed by atoms with Crippen LogP contribution in [-0.2, 0) is 0 Å². The molecule has 2 aromatic carbocycles. The van der Waals surface area contributed by atoms with Crippen LogP contribution in [0.25, 0.3) is 0 Å². The van der Waals surface area contributed by atoms with E-state index in [0.29, 0.717) is 11.3 Å². The number of benzene rings is 2. The van der Waals surface area contributed by atoms with Crippen molar-refractivity contribution in [3.05, 3.63) is 59.2 Å². The maximum Gasteiger partial charge on any atom is 0.166 e. The quantitative estimate of drug-likeness (QED) is 0.832. The van der Waals surface area contributed by atoms with Crippen LogP contribution in [0.3, 0.4) is 0 Å². The van der Waals surface area contributed by atoms with Gasteiger partial charge < -0.3 is 9.84 Å². The fourth-order valence-electron chi connectivity index (χ4n) is 2.19. The third-order valence-electron chi connectivity index (χ3n) is 3.49. The van der Waals surface area contributed by atoms with Crippen LogP contribution < -0.4 is 4.74 Å². The Balaban J connectivity index is 2.24. The van der Waals surface area contributed by atoms with Gasteiger partial charge in [0.25, 0.3) is 0 Å². The van der Waals surface area contributed by atoms with Crippen molar-refractivity contribution in [3.8, 4) is 11.5 Å². The topological polar surface area (TPSA) is 41.8 Å². The van der Waals surface area contributed by atoms with Crippen LogP contribution >= 0.6 is 0 Å². The van der Waals surface area contributed by atoms with Crippen molar-refractivity contribution in [3.63, 3.8) is 0 Å². The summed E-state index contributed by atoms with van der Waals surface area (Å²) in [5.74, 6) is 0.588. The Morgan fingerprint density at radius 1 is 1.19 bits per heavy atom. The minimum Gasteiger partial charge on any atom is -0.504 e. The molecule has 1 atom stereocenters. The SMILES string of the molecule is CC[C@H](N=Cc1cccc(OC)c1O)c1ccc(C)cc1. The molecule has 0 aliphatic rings. The van der Waals surface area contributed by atoms with E-state index >= 15 is 0 Å². The van der Waals surface area contributed by atoms with E-state index in [1.807, 2.05) is 12.1 Å². The molecule has 0 radical (unpaired) electrons. The number of ether oxygens (including phenoxy) is 1. The minimum atomic E-state index is 0.0937. The first-order valence-corrected chi connectivity index (χ1v) is 7.11. The van der Waals surface area contributed by atoms with Crippen molar-refractivity contribution in [2.24, 2.45) is 4.99 Å². The molecule has 0 unspecified atom stereocenters. The maximum absolute atomic E-state index is 10.1. The van der Waals surface area contributed by atoms with Crippen molar-refractivity contribution in [1.29, 1.82) is 0 Å². The van der Waals surface area contributed by atoms with Gasteiger partial charge in [-0.2, -0.15) is 0 Å². The zero-order valence-electron chi connectivity index (χ0n) is 12.7. The fourth-order valence-corrected chi connectivity index (χ4v) is 2.19. The van der Waals surface area contributed by atoms with Gasteiger partial charge in [-0.25, -0.2) is 0 Å². The number of para-hydroxylation sites is 1. The average Bonchev–Trinajstić information content (AvgIpc) is 2.51. The maximum atomic E-state index is 10.1. The number of phenolic OH excluding ortho intramolecular Hbond substituents is 1. The molecule has 0 bridgehead atoms. The van der Waals surface area contributed by atoms with E-state index in [1.54, 1.807) is 12.3 Å². The summed E-state index contributed by atoms with van der Waals surface area (Å²) in [6, 6.07) is 13.9. The van der Waals surface area contributed by atoms with E-state index in [4.69, 9.17) is 4.74 Å². The summed E-state index contributed by atoms with van der Waals surface area (Å²) in [6.07, 6.45) is 2.62. The lowest BCUT2D eigenvalue weighted by atomic mass is 10.0. The molecule has 2 aromatic rings. The smallest absolute Gasteiger partial charge is 0.166 e. The normalized spacial score (nSPS) is 12.5. The molecule has 0 amide bonds. The van der Waals surface area contributed by atoms with E-state index in [-0.39, 0.29) is 11.8 Å². The van der Waals surface area contributed by atoms with Gasteiger partial charge in [0.1, 0.15) is 0 Å². The number of aromatic hydroxyl groups is 1. The molecule has 0 aliphatic carbocycles. The lowest BCUT2D eigenvalue weighted by Gasteiger charge is -2.11. The third-order valence-corrected chi connectivity index (χ3v) is 3.49. The fraction of sp³-hybridized carbons (Fsp3) is 0.278. The Morgan fingerprint density at radius 3 is 2.52 bits per heavy atom. The first-order valence-electron chi connectivity index (χ1n) is 7.11. The number of nitrogens with zero attached hydrogens (tertiary/aromatic N) is 1. The predicted molar refractivity (Wildman–Crippen MR) is 86.5 cm³/mol. The highest BCUT2D eigenvalue weighted by molar-refractivity contribution is 5.85. The van der Waals surface area contributed by atoms with Crippen molar-refractivity contribution in [2.45, 2.75) is 26.3 Å². The van der Waals surface area contributed by atoms with Crippen molar-refractivity contribution >= 4 is 6.21 Å². The molecule has 1 N–H and O–H groups in total. The molecule has 0 fully saturated rings. The van der Waals surface area contributed by atoms with E-state index in [2.05, 4.69) is 43.1 Å². The summed E-state index contributed by atoms with van der Waals surface area (Å²) in [7, 11) is 1.54. The Labute approximate surface area is 125 Å². The van der Waals surface area contributed by atoms with Crippen LogP contribution in [-0.4, -0.2) is 18.4 Å². The van der Waals surface area contributed by atoms with Gasteiger partial charge in [-0.3, -0.25) is 4.99 Å². The van der Waals surface area contributed by atoms with Crippen LogP contribution in [0, 0.1) is 6.92 Å². The summed E-state index contributed by atoms with van der Waals surface area (Å²) in [4.78, 5) is 4.61. The Kier molecular flexibility index (Phi) is 4.99. The van der Waals surface area contributed by atoms with E-state index in [9.17, 15) is 5.11 Å². The summed E-state index contributed by atoms with van der Waals surface area (Å²) >= 11 is 0. The summed E-state index contributed by atoms with van der Waals surface area (Å²) < 4.78 is 5.10. The van der Waals surface area contributed by atoms with Crippen LogP contribution in [0.5, 0.6) is 11.5 Å². The first-order chi connectivity index (χ1) is 10.2. The van der Waals surface area contributed by atoms with Crippen LogP contribution in [0.2, 0.25) is 0 Å². The molecule has 0 heterocycles. The molecule has 0 aromatic heterocycles. The molecule has 0 aliphatic heterocycles. The van der Waals surface area contributed by atoms with Crippen LogP contribution in [0.15, 0.2) is 47.5 Å². The Bertz CT molecular complexity index is 618. The van der Waals surface area contributed by atoms with Gasteiger partial charge in [-0.15, -0.1) is 0 Å². The highest BCUT2D eigenvalue weighted by Crippen LogP contribution is 2.29. The second-order valence-corrected chi connectivity index (χ2v) is 5.01. The summed E-state index contributed by atoms with van der Waals surface area (Å²) in [6.45, 7) is 4.18. The number of aliphatic imine (C=N–C) groups is 1. The highest BCUT2D eigenvalue weighted by Gasteiger charge is 2.08. The van der Waals surface area contributed by atoms with Gasteiger partial charge in [-0.1, -0.05) is 42.8 Å². The van der Waals surface area contributed by atoms with Crippen LogP contribution in [0.1, 0.15) is 36.1 Å². The lowest BCUT2D eigenvalue weighted by molar-refractivity contribution is 0.373. The van der Waals surface area contributed by atoms with Crippen molar-refractivity contribution in [1.82, 2.24) is 0 Å². The number of aryl methyl sites for hydroxylation is 1. The van der Waals surface area contributed by atoms with Gasteiger partial charge in [0.2, 0.25) is 0 Å². The molecule has 0 saturated heterocycles. The van der Waals surface area contributed by atoms with Gasteiger partial charge in [0.05, 0.1) is 13.2 Å². The monoisotopic (exact) mass is 283 g/mol. The molecule has 110 valence electrons. The van der Waals surface area contributed by atoms with Gasteiger partial charge >= 0.3 is 0 Å². The van der Waals surface area contributed by atoms with E-state index < -0.39 is 0 Å². The second-order valence-electron chi connectivity index (χ2n) is 5.01. The molecule has 0 spiro atoms. The van der Waals surface area contributed by atoms with Crippen molar-refractivity contribution < 1.29 is 9.84 Å². The van der Waals surface area contributed by atoms with E-state index in [1.165, 1.54) is 18.2 Å². The van der Waals surface area contributed by atoms with Gasteiger partial charge in [-0.05, 0) is 31.0 Å². The lowest BCUT2D eigenvalue weighted by Crippen LogP contribution is -1.96. The molecular weight excluding hydrogens is 262 g/mol. The summed E-state index contributed by atoms with van der Waals surface area (Å²) in [5, 5.41) is 10.1. The Hall–Kier alpha value is -2.29. The molecule has 3 heteroatoms. The molecule has 21 heavy (non-hydrogen) atoms. The van der Waals surface area contributed by atoms with Crippen LogP contribution in [0.4, 0.5) is 0 Å². The van der Waals surface area contributed by atoms with Crippen molar-refractivity contribution in [2.75, 3.05) is 7.11 Å². The summed E-state index contributed by atoms with van der Waals surface area (Å²) in [5.41, 5.74) is 3.09. The third kappa shape index (κ3) is 3.63. The number of rotatable bonds is 5. The molecule has 0 saturated carbocycles. The highest BCUT2D eigenvalue weighted by atomic mass is 16.5.